The summed E-state index contributed by atoms with van der Waals surface area (Å²) >= 11 is 0. The SMILES string of the molecule is C=C1CCCN(C)c2nc(Nc3ccc4c(c3)OCCO4)ccc21. The van der Waals surface area contributed by atoms with Crippen molar-refractivity contribution in [3.05, 3.63) is 42.5 Å². The van der Waals surface area contributed by atoms with E-state index in [2.05, 4.69) is 29.9 Å². The zero-order valence-electron chi connectivity index (χ0n) is 13.8. The van der Waals surface area contributed by atoms with Gasteiger partial charge in [-0.25, -0.2) is 4.98 Å². The van der Waals surface area contributed by atoms with E-state index < -0.39 is 0 Å². The van der Waals surface area contributed by atoms with Gasteiger partial charge in [-0.3, -0.25) is 0 Å². The Balaban J connectivity index is 1.62. The summed E-state index contributed by atoms with van der Waals surface area (Å²) in [4.78, 5) is 6.99. The lowest BCUT2D eigenvalue weighted by Crippen LogP contribution is -2.19. The van der Waals surface area contributed by atoms with E-state index in [9.17, 15) is 0 Å². The molecule has 4 rings (SSSR count). The molecule has 0 spiro atoms. The number of anilines is 3. The van der Waals surface area contributed by atoms with Gasteiger partial charge < -0.3 is 19.7 Å². The highest BCUT2D eigenvalue weighted by Crippen LogP contribution is 2.35. The molecule has 0 saturated heterocycles. The van der Waals surface area contributed by atoms with Crippen molar-refractivity contribution in [3.63, 3.8) is 0 Å². The van der Waals surface area contributed by atoms with Gasteiger partial charge in [0.05, 0.1) is 0 Å². The van der Waals surface area contributed by atoms with Gasteiger partial charge in [0, 0.05) is 30.9 Å². The second-order valence-electron chi connectivity index (χ2n) is 6.18. The third kappa shape index (κ3) is 2.77. The van der Waals surface area contributed by atoms with Crippen LogP contribution in [-0.2, 0) is 0 Å². The van der Waals surface area contributed by atoms with Crippen LogP contribution in [0.1, 0.15) is 18.4 Å². The molecule has 2 aliphatic heterocycles. The van der Waals surface area contributed by atoms with E-state index in [-0.39, 0.29) is 0 Å². The maximum atomic E-state index is 5.63. The maximum absolute atomic E-state index is 5.63. The molecule has 5 heteroatoms. The maximum Gasteiger partial charge on any atom is 0.163 e. The fraction of sp³-hybridized carbons (Fsp3) is 0.316. The van der Waals surface area contributed by atoms with E-state index in [4.69, 9.17) is 14.5 Å². The summed E-state index contributed by atoms with van der Waals surface area (Å²) in [7, 11) is 2.08. The van der Waals surface area contributed by atoms with Crippen molar-refractivity contribution in [3.8, 4) is 11.5 Å². The number of nitrogens with zero attached hydrogens (tertiary/aromatic N) is 2. The van der Waals surface area contributed by atoms with Crippen molar-refractivity contribution in [2.45, 2.75) is 12.8 Å². The van der Waals surface area contributed by atoms with Crippen molar-refractivity contribution in [2.75, 3.05) is 37.0 Å². The van der Waals surface area contributed by atoms with Crippen LogP contribution < -0.4 is 19.7 Å². The minimum atomic E-state index is 0.584. The molecule has 5 nitrogen and oxygen atoms in total. The molecule has 3 heterocycles. The monoisotopic (exact) mass is 323 g/mol. The number of aromatic nitrogens is 1. The first kappa shape index (κ1) is 14.9. The highest BCUT2D eigenvalue weighted by atomic mass is 16.6. The summed E-state index contributed by atoms with van der Waals surface area (Å²) in [6.45, 7) is 6.37. The highest BCUT2D eigenvalue weighted by molar-refractivity contribution is 5.76. The summed E-state index contributed by atoms with van der Waals surface area (Å²) in [5.41, 5.74) is 3.23. The number of rotatable bonds is 2. The van der Waals surface area contributed by atoms with Crippen LogP contribution in [0.25, 0.3) is 5.57 Å². The molecule has 124 valence electrons. The summed E-state index contributed by atoms with van der Waals surface area (Å²) in [6.07, 6.45) is 2.13. The Labute approximate surface area is 141 Å². The van der Waals surface area contributed by atoms with Crippen LogP contribution in [0.15, 0.2) is 36.9 Å². The minimum absolute atomic E-state index is 0.584. The van der Waals surface area contributed by atoms with Gasteiger partial charge in [0.2, 0.25) is 0 Å². The van der Waals surface area contributed by atoms with Gasteiger partial charge in [0.25, 0.3) is 0 Å². The summed E-state index contributed by atoms with van der Waals surface area (Å²) < 4.78 is 11.2. The van der Waals surface area contributed by atoms with Gasteiger partial charge in [-0.1, -0.05) is 6.58 Å². The number of allylic oxidation sites excluding steroid dienone is 1. The first-order chi connectivity index (χ1) is 11.7. The molecule has 0 bridgehead atoms. The van der Waals surface area contributed by atoms with E-state index in [0.717, 1.165) is 59.3 Å². The van der Waals surface area contributed by atoms with E-state index in [1.807, 2.05) is 24.3 Å². The van der Waals surface area contributed by atoms with E-state index >= 15 is 0 Å². The first-order valence-corrected chi connectivity index (χ1v) is 8.28. The predicted molar refractivity (Wildman–Crippen MR) is 96.5 cm³/mol. The molecule has 1 aromatic carbocycles. The zero-order chi connectivity index (χ0) is 16.5. The second-order valence-corrected chi connectivity index (χ2v) is 6.18. The van der Waals surface area contributed by atoms with Crippen molar-refractivity contribution in [1.29, 1.82) is 0 Å². The van der Waals surface area contributed by atoms with Gasteiger partial charge in [-0.2, -0.15) is 0 Å². The molecule has 2 aromatic rings. The average Bonchev–Trinajstić information content (AvgIpc) is 2.74. The smallest absolute Gasteiger partial charge is 0.163 e. The van der Waals surface area contributed by atoms with E-state index in [0.29, 0.717) is 13.2 Å². The van der Waals surface area contributed by atoms with E-state index in [1.165, 1.54) is 0 Å². The number of ether oxygens (including phenoxy) is 2. The fourth-order valence-electron chi connectivity index (χ4n) is 3.12. The zero-order valence-corrected chi connectivity index (χ0v) is 13.8. The minimum Gasteiger partial charge on any atom is -0.486 e. The Bertz CT molecular complexity index is 788. The van der Waals surface area contributed by atoms with Gasteiger partial charge in [-0.05, 0) is 42.7 Å². The fourth-order valence-corrected chi connectivity index (χ4v) is 3.12. The number of hydrogen-bond donors (Lipinski definition) is 1. The normalized spacial score (nSPS) is 16.4. The quantitative estimate of drug-likeness (QED) is 0.910. The van der Waals surface area contributed by atoms with Gasteiger partial charge in [0.1, 0.15) is 24.8 Å². The third-order valence-corrected chi connectivity index (χ3v) is 4.40. The molecule has 0 amide bonds. The predicted octanol–water partition coefficient (Wildman–Crippen LogP) is 3.84. The van der Waals surface area contributed by atoms with Crippen LogP contribution in [0, 0.1) is 0 Å². The van der Waals surface area contributed by atoms with Crippen LogP contribution >= 0.6 is 0 Å². The number of benzene rings is 1. The van der Waals surface area contributed by atoms with Gasteiger partial charge >= 0.3 is 0 Å². The summed E-state index contributed by atoms with van der Waals surface area (Å²) in [6, 6.07) is 9.95. The highest BCUT2D eigenvalue weighted by Gasteiger charge is 2.17. The lowest BCUT2D eigenvalue weighted by atomic mass is 10.1. The molecule has 0 radical (unpaired) electrons. The van der Waals surface area contributed by atoms with Crippen LogP contribution in [0.2, 0.25) is 0 Å². The molecular weight excluding hydrogens is 302 g/mol. The lowest BCUT2D eigenvalue weighted by Gasteiger charge is -2.20. The summed E-state index contributed by atoms with van der Waals surface area (Å²) in [5.74, 6) is 3.36. The van der Waals surface area contributed by atoms with Gasteiger partial charge in [-0.15, -0.1) is 0 Å². The number of pyridine rings is 1. The number of nitrogens with one attached hydrogen (secondary N) is 1. The standard InChI is InChI=1S/C19H21N3O2/c1-13-4-3-9-22(2)19-15(13)6-8-18(21-19)20-14-5-7-16-17(12-14)24-11-10-23-16/h5-8,12H,1,3-4,9-11H2,2H3,(H,20,21). The molecule has 0 saturated carbocycles. The Kier molecular flexibility index (Phi) is 3.76. The lowest BCUT2D eigenvalue weighted by molar-refractivity contribution is 0.171. The van der Waals surface area contributed by atoms with Crippen molar-refractivity contribution in [2.24, 2.45) is 0 Å². The molecule has 1 N–H and O–H groups in total. The number of fused-ring (bicyclic) bond motifs is 2. The molecule has 0 unspecified atom stereocenters. The summed E-state index contributed by atoms with van der Waals surface area (Å²) in [5, 5.41) is 3.36. The van der Waals surface area contributed by atoms with E-state index in [1.54, 1.807) is 0 Å². The molecule has 0 fully saturated rings. The van der Waals surface area contributed by atoms with Crippen LogP contribution in [0.4, 0.5) is 17.3 Å². The van der Waals surface area contributed by atoms with Gasteiger partial charge in [0.15, 0.2) is 11.5 Å². The topological polar surface area (TPSA) is 46.6 Å². The average molecular weight is 323 g/mol. The molecule has 1 aromatic heterocycles. The molecule has 24 heavy (non-hydrogen) atoms. The second kappa shape index (κ2) is 6.07. The third-order valence-electron chi connectivity index (χ3n) is 4.40. The van der Waals surface area contributed by atoms with Crippen molar-refractivity contribution < 1.29 is 9.47 Å². The van der Waals surface area contributed by atoms with Crippen LogP contribution in [0.5, 0.6) is 11.5 Å². The first-order valence-electron chi connectivity index (χ1n) is 8.28. The molecule has 2 aliphatic rings. The largest absolute Gasteiger partial charge is 0.486 e. The molecular formula is C19H21N3O2. The van der Waals surface area contributed by atoms with Crippen LogP contribution in [0.3, 0.4) is 0 Å². The van der Waals surface area contributed by atoms with Crippen LogP contribution in [-0.4, -0.2) is 31.8 Å². The molecule has 0 aliphatic carbocycles. The molecule has 0 atom stereocenters. The van der Waals surface area contributed by atoms with Crippen molar-refractivity contribution >= 4 is 22.9 Å². The Morgan fingerprint density at radius 2 is 1.96 bits per heavy atom. The number of hydrogen-bond acceptors (Lipinski definition) is 5. The Hall–Kier alpha value is -2.69. The Morgan fingerprint density at radius 3 is 2.83 bits per heavy atom. The van der Waals surface area contributed by atoms with Crippen molar-refractivity contribution in [1.82, 2.24) is 4.98 Å². The Morgan fingerprint density at radius 1 is 1.12 bits per heavy atom.